The summed E-state index contributed by atoms with van der Waals surface area (Å²) in [6, 6.07) is 0.671. The van der Waals surface area contributed by atoms with Crippen LogP contribution in [0.5, 0.6) is 0 Å². The molecule has 0 aromatic carbocycles. The molecule has 0 bridgehead atoms. The minimum Gasteiger partial charge on any atom is -0.480 e. The van der Waals surface area contributed by atoms with Crippen LogP contribution in [0.2, 0.25) is 0 Å². The molecule has 0 aliphatic rings. The number of rotatable bonds is 6. The van der Waals surface area contributed by atoms with Crippen LogP contribution >= 0.6 is 11.3 Å². The van der Waals surface area contributed by atoms with E-state index in [-0.39, 0.29) is 12.8 Å². The van der Waals surface area contributed by atoms with Crippen LogP contribution in [0.1, 0.15) is 28.1 Å². The highest BCUT2D eigenvalue weighted by Gasteiger charge is 2.22. The fourth-order valence-corrected chi connectivity index (χ4v) is 2.20. The van der Waals surface area contributed by atoms with Gasteiger partial charge in [0.2, 0.25) is 5.91 Å². The highest BCUT2D eigenvalue weighted by molar-refractivity contribution is 7.12. The summed E-state index contributed by atoms with van der Waals surface area (Å²) in [7, 11) is 0. The van der Waals surface area contributed by atoms with Gasteiger partial charge in [-0.25, -0.2) is 4.79 Å². The highest BCUT2D eigenvalue weighted by atomic mass is 32.1. The lowest BCUT2D eigenvalue weighted by Crippen LogP contribution is -2.41. The Kier molecular flexibility index (Phi) is 4.85. The Labute approximate surface area is 108 Å². The minimum atomic E-state index is -1.18. The number of aryl methyl sites for hydroxylation is 1. The van der Waals surface area contributed by atoms with E-state index in [1.165, 1.54) is 11.3 Å². The standard InChI is InChI=1S/C11H14N2O4S/c1-6-4-5-18-9(6)10(15)13-7(11(16)17)2-3-8(12)14/h4-5,7H,2-3H2,1H3,(H2,12,14)(H,13,15)(H,16,17)/t7-/m0/s1. The molecular weight excluding hydrogens is 256 g/mol. The number of primary amides is 1. The SMILES string of the molecule is Cc1ccsc1C(=O)N[C@@H](CCC(N)=O)C(=O)O. The molecular formula is C11H14N2O4S. The molecule has 1 rings (SSSR count). The summed E-state index contributed by atoms with van der Waals surface area (Å²) < 4.78 is 0. The number of nitrogens with two attached hydrogens (primary N) is 1. The van der Waals surface area contributed by atoms with E-state index in [1.54, 1.807) is 18.4 Å². The van der Waals surface area contributed by atoms with Gasteiger partial charge in [-0.2, -0.15) is 0 Å². The number of hydrogen-bond donors (Lipinski definition) is 3. The fraction of sp³-hybridized carbons (Fsp3) is 0.364. The van der Waals surface area contributed by atoms with Gasteiger partial charge < -0.3 is 16.2 Å². The molecule has 0 aliphatic carbocycles. The number of amides is 2. The molecule has 0 saturated heterocycles. The third-order valence-electron chi connectivity index (χ3n) is 2.35. The topological polar surface area (TPSA) is 109 Å². The quantitative estimate of drug-likeness (QED) is 0.699. The van der Waals surface area contributed by atoms with Crippen molar-refractivity contribution in [1.82, 2.24) is 5.32 Å². The summed E-state index contributed by atoms with van der Waals surface area (Å²) in [4.78, 5) is 33.8. The zero-order chi connectivity index (χ0) is 13.7. The van der Waals surface area contributed by atoms with Crippen molar-refractivity contribution < 1.29 is 19.5 Å². The maximum atomic E-state index is 11.8. The van der Waals surface area contributed by atoms with Gasteiger partial charge in [-0.1, -0.05) is 0 Å². The lowest BCUT2D eigenvalue weighted by atomic mass is 10.1. The van der Waals surface area contributed by atoms with E-state index in [2.05, 4.69) is 5.32 Å². The predicted molar refractivity (Wildman–Crippen MR) is 66.4 cm³/mol. The van der Waals surface area contributed by atoms with Gasteiger partial charge in [0.25, 0.3) is 5.91 Å². The molecule has 6 nitrogen and oxygen atoms in total. The van der Waals surface area contributed by atoms with Gasteiger partial charge in [0, 0.05) is 6.42 Å². The van der Waals surface area contributed by atoms with E-state index in [9.17, 15) is 14.4 Å². The van der Waals surface area contributed by atoms with E-state index in [1.807, 2.05) is 0 Å². The Bertz CT molecular complexity index is 469. The zero-order valence-corrected chi connectivity index (χ0v) is 10.6. The normalized spacial score (nSPS) is 11.8. The molecule has 98 valence electrons. The monoisotopic (exact) mass is 270 g/mol. The molecule has 18 heavy (non-hydrogen) atoms. The lowest BCUT2D eigenvalue weighted by Gasteiger charge is -2.13. The Balaban J connectivity index is 2.67. The van der Waals surface area contributed by atoms with E-state index in [4.69, 9.17) is 10.8 Å². The van der Waals surface area contributed by atoms with Crippen LogP contribution in [0.25, 0.3) is 0 Å². The number of hydrogen-bond acceptors (Lipinski definition) is 4. The number of carboxylic acid groups (broad SMARTS) is 1. The number of carbonyl (C=O) groups excluding carboxylic acids is 2. The first-order chi connectivity index (χ1) is 8.41. The molecule has 7 heteroatoms. The highest BCUT2D eigenvalue weighted by Crippen LogP contribution is 2.15. The van der Waals surface area contributed by atoms with Crippen LogP contribution in [0.4, 0.5) is 0 Å². The molecule has 1 atom stereocenters. The first-order valence-electron chi connectivity index (χ1n) is 5.28. The van der Waals surface area contributed by atoms with Gasteiger partial charge in [-0.3, -0.25) is 9.59 Å². The van der Waals surface area contributed by atoms with Crippen molar-refractivity contribution in [3.05, 3.63) is 21.9 Å². The Morgan fingerprint density at radius 2 is 2.17 bits per heavy atom. The summed E-state index contributed by atoms with van der Waals surface area (Å²) in [6.07, 6.45) is -0.0957. The molecule has 0 radical (unpaired) electrons. The first kappa shape index (κ1) is 14.2. The second-order valence-electron chi connectivity index (χ2n) is 3.80. The summed E-state index contributed by atoms with van der Waals surface area (Å²) >= 11 is 1.24. The number of nitrogens with one attached hydrogen (secondary N) is 1. The van der Waals surface area contributed by atoms with E-state index >= 15 is 0 Å². The third kappa shape index (κ3) is 3.85. The third-order valence-corrected chi connectivity index (χ3v) is 3.37. The lowest BCUT2D eigenvalue weighted by molar-refractivity contribution is -0.139. The van der Waals surface area contributed by atoms with E-state index in [0.717, 1.165) is 5.56 Å². The molecule has 0 unspecified atom stereocenters. The van der Waals surface area contributed by atoms with Crippen molar-refractivity contribution in [2.75, 3.05) is 0 Å². The Morgan fingerprint density at radius 1 is 1.50 bits per heavy atom. The van der Waals surface area contributed by atoms with Crippen LogP contribution in [-0.4, -0.2) is 28.9 Å². The Hall–Kier alpha value is -1.89. The number of carbonyl (C=O) groups is 3. The maximum Gasteiger partial charge on any atom is 0.326 e. The second kappa shape index (κ2) is 6.15. The van der Waals surface area contributed by atoms with Crippen LogP contribution in [-0.2, 0) is 9.59 Å². The Morgan fingerprint density at radius 3 is 2.61 bits per heavy atom. The molecule has 1 heterocycles. The maximum absolute atomic E-state index is 11.8. The predicted octanol–water partition coefficient (Wildman–Crippen LogP) is 0.505. The van der Waals surface area contributed by atoms with E-state index < -0.39 is 23.8 Å². The summed E-state index contributed by atoms with van der Waals surface area (Å²) in [5.41, 5.74) is 5.74. The molecule has 0 saturated carbocycles. The smallest absolute Gasteiger partial charge is 0.326 e. The minimum absolute atomic E-state index is 0.0131. The van der Waals surface area contributed by atoms with Gasteiger partial charge in [0.1, 0.15) is 6.04 Å². The molecule has 0 aliphatic heterocycles. The van der Waals surface area contributed by atoms with Crippen molar-refractivity contribution in [2.45, 2.75) is 25.8 Å². The van der Waals surface area contributed by atoms with Gasteiger partial charge in [-0.05, 0) is 30.4 Å². The first-order valence-corrected chi connectivity index (χ1v) is 6.16. The van der Waals surface area contributed by atoms with Gasteiger partial charge in [0.05, 0.1) is 4.88 Å². The zero-order valence-electron chi connectivity index (χ0n) is 9.80. The summed E-state index contributed by atoms with van der Waals surface area (Å²) in [5.74, 6) is -2.22. The largest absolute Gasteiger partial charge is 0.480 e. The van der Waals surface area contributed by atoms with Crippen LogP contribution in [0.15, 0.2) is 11.4 Å². The fourth-order valence-electron chi connectivity index (χ4n) is 1.37. The van der Waals surface area contributed by atoms with Crippen molar-refractivity contribution in [3.63, 3.8) is 0 Å². The molecule has 4 N–H and O–H groups in total. The van der Waals surface area contributed by atoms with Crippen molar-refractivity contribution >= 4 is 29.1 Å². The van der Waals surface area contributed by atoms with Crippen LogP contribution in [0, 0.1) is 6.92 Å². The van der Waals surface area contributed by atoms with Gasteiger partial charge >= 0.3 is 5.97 Å². The van der Waals surface area contributed by atoms with Crippen LogP contribution < -0.4 is 11.1 Å². The molecule has 2 amide bonds. The number of aliphatic carboxylic acids is 1. The van der Waals surface area contributed by atoms with E-state index in [0.29, 0.717) is 4.88 Å². The molecule has 1 aromatic heterocycles. The second-order valence-corrected chi connectivity index (χ2v) is 4.72. The van der Waals surface area contributed by atoms with Crippen molar-refractivity contribution in [2.24, 2.45) is 5.73 Å². The van der Waals surface area contributed by atoms with Crippen molar-refractivity contribution in [1.29, 1.82) is 0 Å². The number of thiophene rings is 1. The summed E-state index contributed by atoms with van der Waals surface area (Å²) in [6.45, 7) is 1.77. The average Bonchev–Trinajstić information content (AvgIpc) is 2.69. The molecule has 1 aromatic rings. The van der Waals surface area contributed by atoms with Gasteiger partial charge in [-0.15, -0.1) is 11.3 Å². The van der Waals surface area contributed by atoms with Crippen molar-refractivity contribution in [3.8, 4) is 0 Å². The molecule has 0 spiro atoms. The average molecular weight is 270 g/mol. The molecule has 0 fully saturated rings. The number of carboxylic acids is 1. The van der Waals surface area contributed by atoms with Gasteiger partial charge in [0.15, 0.2) is 0 Å². The van der Waals surface area contributed by atoms with Crippen LogP contribution in [0.3, 0.4) is 0 Å². The summed E-state index contributed by atoms with van der Waals surface area (Å²) in [5, 5.41) is 13.1.